The molecule has 0 heterocycles. The van der Waals surface area contributed by atoms with Gasteiger partial charge < -0.3 is 5.11 Å². The molecular formula is C17H18N2O2. The summed E-state index contributed by atoms with van der Waals surface area (Å²) >= 11 is 0. The van der Waals surface area contributed by atoms with Gasteiger partial charge >= 0.3 is 0 Å². The van der Waals surface area contributed by atoms with E-state index in [1.54, 1.807) is 6.21 Å². The van der Waals surface area contributed by atoms with Gasteiger partial charge in [0.15, 0.2) is 0 Å². The van der Waals surface area contributed by atoms with Crippen LogP contribution >= 0.6 is 0 Å². The van der Waals surface area contributed by atoms with Crippen molar-refractivity contribution in [3.8, 4) is 5.75 Å². The van der Waals surface area contributed by atoms with Crippen LogP contribution in [-0.2, 0) is 0 Å². The van der Waals surface area contributed by atoms with E-state index in [4.69, 9.17) is 5.11 Å². The summed E-state index contributed by atoms with van der Waals surface area (Å²) in [5.41, 5.74) is 5.08. The third-order valence-electron chi connectivity index (χ3n) is 3.11. The second kappa shape index (κ2) is 6.70. The SMILES string of the molecule is CC(C)c1ccc(/C=N\NC(=O)c2ccc(O)cc2)cc1. The quantitative estimate of drug-likeness (QED) is 0.667. The van der Waals surface area contributed by atoms with E-state index < -0.39 is 0 Å². The van der Waals surface area contributed by atoms with Gasteiger partial charge in [-0.05, 0) is 41.3 Å². The number of carbonyl (C=O) groups excluding carboxylic acids is 1. The van der Waals surface area contributed by atoms with E-state index in [0.29, 0.717) is 11.5 Å². The van der Waals surface area contributed by atoms with Gasteiger partial charge in [-0.1, -0.05) is 38.1 Å². The number of nitrogens with zero attached hydrogens (tertiary/aromatic N) is 1. The molecule has 0 radical (unpaired) electrons. The normalized spacial score (nSPS) is 11.0. The lowest BCUT2D eigenvalue weighted by Gasteiger charge is -2.04. The fraction of sp³-hybridized carbons (Fsp3) is 0.176. The molecule has 2 aromatic rings. The Morgan fingerprint density at radius 2 is 1.71 bits per heavy atom. The molecule has 108 valence electrons. The van der Waals surface area contributed by atoms with Crippen LogP contribution in [0.15, 0.2) is 53.6 Å². The van der Waals surface area contributed by atoms with Gasteiger partial charge in [-0.25, -0.2) is 5.43 Å². The summed E-state index contributed by atoms with van der Waals surface area (Å²) < 4.78 is 0. The molecular weight excluding hydrogens is 264 g/mol. The summed E-state index contributed by atoms with van der Waals surface area (Å²) in [6.07, 6.45) is 1.60. The number of hydrazone groups is 1. The Balaban J connectivity index is 1.95. The maximum absolute atomic E-state index is 11.8. The molecule has 0 saturated heterocycles. The molecule has 0 aliphatic rings. The third-order valence-corrected chi connectivity index (χ3v) is 3.11. The predicted octanol–water partition coefficient (Wildman–Crippen LogP) is 3.28. The summed E-state index contributed by atoms with van der Waals surface area (Å²) in [4.78, 5) is 11.8. The fourth-order valence-corrected chi connectivity index (χ4v) is 1.81. The lowest BCUT2D eigenvalue weighted by atomic mass is 10.0. The number of phenolic OH excluding ortho intramolecular Hbond substituents is 1. The Morgan fingerprint density at radius 3 is 2.29 bits per heavy atom. The van der Waals surface area contributed by atoms with E-state index in [1.807, 2.05) is 24.3 Å². The van der Waals surface area contributed by atoms with Gasteiger partial charge in [-0.2, -0.15) is 5.10 Å². The van der Waals surface area contributed by atoms with Gasteiger partial charge in [0.1, 0.15) is 5.75 Å². The molecule has 1 amide bonds. The van der Waals surface area contributed by atoms with Gasteiger partial charge in [-0.15, -0.1) is 0 Å². The second-order valence-electron chi connectivity index (χ2n) is 5.07. The zero-order chi connectivity index (χ0) is 15.2. The van der Waals surface area contributed by atoms with E-state index in [-0.39, 0.29) is 11.7 Å². The van der Waals surface area contributed by atoms with Crippen molar-refractivity contribution in [2.45, 2.75) is 19.8 Å². The number of carbonyl (C=O) groups is 1. The number of benzene rings is 2. The lowest BCUT2D eigenvalue weighted by molar-refractivity contribution is 0.0955. The highest BCUT2D eigenvalue weighted by atomic mass is 16.3. The third kappa shape index (κ3) is 4.18. The highest BCUT2D eigenvalue weighted by Crippen LogP contribution is 2.14. The maximum atomic E-state index is 11.8. The standard InChI is InChI=1S/C17H18N2O2/c1-12(2)14-5-3-13(4-6-14)11-18-19-17(21)15-7-9-16(20)10-8-15/h3-12,20H,1-2H3,(H,19,21)/b18-11-. The second-order valence-corrected chi connectivity index (χ2v) is 5.07. The van der Waals surface area contributed by atoms with Gasteiger partial charge in [-0.3, -0.25) is 4.79 Å². The molecule has 0 aromatic heterocycles. The maximum Gasteiger partial charge on any atom is 0.271 e. The van der Waals surface area contributed by atoms with Gasteiger partial charge in [0, 0.05) is 5.56 Å². The summed E-state index contributed by atoms with van der Waals surface area (Å²) in [5.74, 6) is 0.301. The molecule has 4 nitrogen and oxygen atoms in total. The summed E-state index contributed by atoms with van der Waals surface area (Å²) in [5, 5.41) is 13.1. The van der Waals surface area contributed by atoms with E-state index in [1.165, 1.54) is 29.8 Å². The zero-order valence-electron chi connectivity index (χ0n) is 12.1. The topological polar surface area (TPSA) is 61.7 Å². The Kier molecular flexibility index (Phi) is 4.72. The molecule has 0 unspecified atom stereocenters. The van der Waals surface area contributed by atoms with Crippen LogP contribution in [0.4, 0.5) is 0 Å². The minimum Gasteiger partial charge on any atom is -0.508 e. The van der Waals surface area contributed by atoms with Crippen molar-refractivity contribution >= 4 is 12.1 Å². The molecule has 2 rings (SSSR count). The fourth-order valence-electron chi connectivity index (χ4n) is 1.81. The van der Waals surface area contributed by atoms with Crippen LogP contribution in [-0.4, -0.2) is 17.2 Å². The molecule has 0 bridgehead atoms. The van der Waals surface area contributed by atoms with E-state index in [9.17, 15) is 4.79 Å². The number of hydrogen-bond acceptors (Lipinski definition) is 3. The van der Waals surface area contributed by atoms with Crippen molar-refractivity contribution in [3.05, 3.63) is 65.2 Å². The van der Waals surface area contributed by atoms with Gasteiger partial charge in [0.2, 0.25) is 0 Å². The van der Waals surface area contributed by atoms with Crippen molar-refractivity contribution in [2.24, 2.45) is 5.10 Å². The predicted molar refractivity (Wildman–Crippen MR) is 83.7 cm³/mol. The van der Waals surface area contributed by atoms with Crippen LogP contribution in [0.5, 0.6) is 5.75 Å². The largest absolute Gasteiger partial charge is 0.508 e. The van der Waals surface area contributed by atoms with Crippen molar-refractivity contribution in [3.63, 3.8) is 0 Å². The minimum absolute atomic E-state index is 0.125. The Morgan fingerprint density at radius 1 is 1.10 bits per heavy atom. The van der Waals surface area contributed by atoms with Crippen LogP contribution in [0.25, 0.3) is 0 Å². The van der Waals surface area contributed by atoms with Gasteiger partial charge in [0.25, 0.3) is 5.91 Å². The number of phenols is 1. The van der Waals surface area contributed by atoms with E-state index in [0.717, 1.165) is 5.56 Å². The average Bonchev–Trinajstić information content (AvgIpc) is 2.48. The first kappa shape index (κ1) is 14.8. The highest BCUT2D eigenvalue weighted by molar-refractivity contribution is 5.94. The minimum atomic E-state index is -0.315. The number of nitrogens with one attached hydrogen (secondary N) is 1. The average molecular weight is 282 g/mol. The smallest absolute Gasteiger partial charge is 0.271 e. The Hall–Kier alpha value is -2.62. The monoisotopic (exact) mass is 282 g/mol. The Labute approximate surface area is 124 Å². The molecule has 21 heavy (non-hydrogen) atoms. The first-order valence-electron chi connectivity index (χ1n) is 6.78. The van der Waals surface area contributed by atoms with E-state index in [2.05, 4.69) is 24.4 Å². The van der Waals surface area contributed by atoms with Crippen LogP contribution in [0, 0.1) is 0 Å². The molecule has 0 aliphatic heterocycles. The van der Waals surface area contributed by atoms with Crippen LogP contribution < -0.4 is 5.43 Å². The number of hydrogen-bond donors (Lipinski definition) is 2. The summed E-state index contributed by atoms with van der Waals surface area (Å²) in [6.45, 7) is 4.28. The van der Waals surface area contributed by atoms with Crippen molar-refractivity contribution in [1.29, 1.82) is 0 Å². The molecule has 4 heteroatoms. The number of rotatable bonds is 4. The molecule has 0 atom stereocenters. The van der Waals surface area contributed by atoms with Crippen molar-refractivity contribution < 1.29 is 9.90 Å². The molecule has 2 aromatic carbocycles. The molecule has 2 N–H and O–H groups in total. The first-order valence-corrected chi connectivity index (χ1v) is 6.78. The van der Waals surface area contributed by atoms with Crippen molar-refractivity contribution in [2.75, 3.05) is 0 Å². The molecule has 0 aliphatic carbocycles. The van der Waals surface area contributed by atoms with Crippen molar-refractivity contribution in [1.82, 2.24) is 5.43 Å². The number of amides is 1. The van der Waals surface area contributed by atoms with Gasteiger partial charge in [0.05, 0.1) is 6.21 Å². The first-order chi connectivity index (χ1) is 10.1. The number of aromatic hydroxyl groups is 1. The van der Waals surface area contributed by atoms with Crippen LogP contribution in [0.3, 0.4) is 0 Å². The molecule has 0 spiro atoms. The summed E-state index contributed by atoms with van der Waals surface area (Å²) in [6, 6.07) is 14.0. The van der Waals surface area contributed by atoms with Crippen LogP contribution in [0.2, 0.25) is 0 Å². The van der Waals surface area contributed by atoms with Crippen LogP contribution in [0.1, 0.15) is 41.3 Å². The highest BCUT2D eigenvalue weighted by Gasteiger charge is 2.03. The van der Waals surface area contributed by atoms with E-state index >= 15 is 0 Å². The lowest BCUT2D eigenvalue weighted by Crippen LogP contribution is -2.17. The zero-order valence-corrected chi connectivity index (χ0v) is 12.1. The molecule has 0 saturated carbocycles. The Bertz CT molecular complexity index is 629. The molecule has 0 fully saturated rings. The summed E-state index contributed by atoms with van der Waals surface area (Å²) in [7, 11) is 0.